The summed E-state index contributed by atoms with van der Waals surface area (Å²) in [5.74, 6) is 0.663. The molecular weight excluding hydrogens is 410 g/mol. The van der Waals surface area contributed by atoms with Crippen molar-refractivity contribution in [2.24, 2.45) is 0 Å². The third-order valence-electron chi connectivity index (χ3n) is 4.68. The fourth-order valence-electron chi connectivity index (χ4n) is 3.21. The van der Waals surface area contributed by atoms with Crippen molar-refractivity contribution in [2.75, 3.05) is 24.9 Å². The van der Waals surface area contributed by atoms with Gasteiger partial charge in [-0.2, -0.15) is 4.98 Å². The zero-order valence-electron chi connectivity index (χ0n) is 16.2. The fourth-order valence-corrected chi connectivity index (χ4v) is 3.34. The molecule has 154 valence electrons. The van der Waals surface area contributed by atoms with Crippen LogP contribution in [0.4, 0.5) is 11.9 Å². The van der Waals surface area contributed by atoms with E-state index in [0.717, 1.165) is 5.56 Å². The minimum absolute atomic E-state index is 0.0750. The number of hydrogen-bond acceptors (Lipinski definition) is 6. The van der Waals surface area contributed by atoms with Gasteiger partial charge in [0.15, 0.2) is 11.5 Å². The first-order valence-electron chi connectivity index (χ1n) is 9.03. The SMILES string of the molecule is COc1ccc(C(=O)Nc2nc3n(n2)C(c2ccc(Cl)cc2)CC(=O)N3)cc1OC. The van der Waals surface area contributed by atoms with E-state index in [1.807, 2.05) is 12.1 Å². The van der Waals surface area contributed by atoms with E-state index < -0.39 is 5.91 Å². The van der Waals surface area contributed by atoms with Crippen molar-refractivity contribution in [3.8, 4) is 11.5 Å². The summed E-state index contributed by atoms with van der Waals surface area (Å²) in [6, 6.07) is 11.6. The smallest absolute Gasteiger partial charge is 0.258 e. The van der Waals surface area contributed by atoms with Crippen LogP contribution in [0.2, 0.25) is 5.02 Å². The lowest BCUT2D eigenvalue weighted by Gasteiger charge is -2.23. The van der Waals surface area contributed by atoms with Crippen molar-refractivity contribution < 1.29 is 19.1 Å². The summed E-state index contributed by atoms with van der Waals surface area (Å²) in [5.41, 5.74) is 1.21. The number of carbonyl (C=O) groups excluding carboxylic acids is 2. The van der Waals surface area contributed by atoms with Gasteiger partial charge < -0.3 is 9.47 Å². The minimum atomic E-state index is -0.423. The molecule has 2 heterocycles. The molecule has 30 heavy (non-hydrogen) atoms. The molecule has 2 amide bonds. The Balaban J connectivity index is 1.60. The number of carbonyl (C=O) groups is 2. The number of benzene rings is 2. The summed E-state index contributed by atoms with van der Waals surface area (Å²) in [6.07, 6.45) is 0.195. The van der Waals surface area contributed by atoms with Gasteiger partial charge in [-0.1, -0.05) is 23.7 Å². The number of anilines is 2. The number of halogens is 1. The molecule has 0 saturated carbocycles. The predicted octanol–water partition coefficient (Wildman–Crippen LogP) is 3.13. The van der Waals surface area contributed by atoms with Crippen LogP contribution in [0.25, 0.3) is 0 Å². The highest BCUT2D eigenvalue weighted by atomic mass is 35.5. The van der Waals surface area contributed by atoms with Crippen LogP contribution in [0.15, 0.2) is 42.5 Å². The summed E-state index contributed by atoms with van der Waals surface area (Å²) in [7, 11) is 3.01. The van der Waals surface area contributed by atoms with Gasteiger partial charge in [0.1, 0.15) is 0 Å². The number of fused-ring (bicyclic) bond motifs is 1. The molecule has 3 aromatic rings. The number of nitrogens with one attached hydrogen (secondary N) is 2. The lowest BCUT2D eigenvalue weighted by Crippen LogP contribution is -2.29. The standard InChI is InChI=1S/C20H18ClN5O4/c1-29-15-8-5-12(9-16(15)30-2)18(28)23-19-24-20-22-17(27)10-14(26(20)25-19)11-3-6-13(21)7-4-11/h3-9,14H,10H2,1-2H3,(H2,22,23,24,25,27,28). The summed E-state index contributed by atoms with van der Waals surface area (Å²) in [5, 5.41) is 10.3. The molecule has 4 rings (SSSR count). The van der Waals surface area contributed by atoms with Crippen LogP contribution in [-0.2, 0) is 4.79 Å². The number of amides is 2. The molecule has 1 aromatic heterocycles. The first-order valence-corrected chi connectivity index (χ1v) is 9.41. The number of rotatable bonds is 5. The van der Waals surface area contributed by atoms with Gasteiger partial charge in [-0.05, 0) is 35.9 Å². The van der Waals surface area contributed by atoms with Crippen molar-refractivity contribution >= 4 is 35.3 Å². The summed E-state index contributed by atoms with van der Waals surface area (Å²) >= 11 is 5.96. The van der Waals surface area contributed by atoms with Gasteiger partial charge >= 0.3 is 0 Å². The predicted molar refractivity (Wildman–Crippen MR) is 110 cm³/mol. The average molecular weight is 428 g/mol. The molecule has 1 aliphatic heterocycles. The number of methoxy groups -OCH3 is 2. The first kappa shape index (κ1) is 19.7. The topological polar surface area (TPSA) is 107 Å². The van der Waals surface area contributed by atoms with Crippen LogP contribution in [-0.4, -0.2) is 40.8 Å². The summed E-state index contributed by atoms with van der Waals surface area (Å²) in [6.45, 7) is 0. The Morgan fingerprint density at radius 3 is 2.60 bits per heavy atom. The van der Waals surface area contributed by atoms with E-state index >= 15 is 0 Å². The maximum atomic E-state index is 12.6. The van der Waals surface area contributed by atoms with Gasteiger partial charge in [0, 0.05) is 10.6 Å². The Hall–Kier alpha value is -3.59. The van der Waals surface area contributed by atoms with Crippen molar-refractivity contribution in [3.63, 3.8) is 0 Å². The quantitative estimate of drug-likeness (QED) is 0.647. The van der Waals surface area contributed by atoms with Crippen LogP contribution in [0, 0.1) is 0 Å². The van der Waals surface area contributed by atoms with E-state index in [2.05, 4.69) is 20.7 Å². The molecule has 1 aliphatic rings. The third kappa shape index (κ3) is 3.79. The van der Waals surface area contributed by atoms with Gasteiger partial charge in [0.05, 0.1) is 26.7 Å². The molecular formula is C20H18ClN5O4. The first-order chi connectivity index (χ1) is 14.5. The van der Waals surface area contributed by atoms with E-state index in [0.29, 0.717) is 22.1 Å². The summed E-state index contributed by atoms with van der Waals surface area (Å²) < 4.78 is 12.0. The molecule has 9 nitrogen and oxygen atoms in total. The van der Waals surface area contributed by atoms with Crippen molar-refractivity contribution in [1.82, 2.24) is 14.8 Å². The van der Waals surface area contributed by atoms with E-state index in [1.165, 1.54) is 14.2 Å². The number of aromatic nitrogens is 3. The van der Waals surface area contributed by atoms with E-state index in [4.69, 9.17) is 21.1 Å². The van der Waals surface area contributed by atoms with Crippen LogP contribution in [0.1, 0.15) is 28.4 Å². The van der Waals surface area contributed by atoms with E-state index in [9.17, 15) is 9.59 Å². The second kappa shape index (κ2) is 8.03. The van der Waals surface area contributed by atoms with Crippen LogP contribution in [0.3, 0.4) is 0 Å². The van der Waals surface area contributed by atoms with E-state index in [-0.39, 0.29) is 30.3 Å². The molecule has 0 saturated heterocycles. The highest BCUT2D eigenvalue weighted by Crippen LogP contribution is 2.31. The second-order valence-electron chi connectivity index (χ2n) is 6.55. The normalized spacial score (nSPS) is 15.2. The fraction of sp³-hybridized carbons (Fsp3) is 0.200. The average Bonchev–Trinajstić information content (AvgIpc) is 3.15. The van der Waals surface area contributed by atoms with Crippen LogP contribution >= 0.6 is 11.6 Å². The minimum Gasteiger partial charge on any atom is -0.493 e. The maximum Gasteiger partial charge on any atom is 0.258 e. The van der Waals surface area contributed by atoms with Crippen LogP contribution in [0.5, 0.6) is 11.5 Å². The van der Waals surface area contributed by atoms with Crippen molar-refractivity contribution in [1.29, 1.82) is 0 Å². The Labute approximate surface area is 177 Å². The van der Waals surface area contributed by atoms with Crippen molar-refractivity contribution in [2.45, 2.75) is 12.5 Å². The Morgan fingerprint density at radius 1 is 1.17 bits per heavy atom. The molecule has 0 aliphatic carbocycles. The molecule has 0 bridgehead atoms. The molecule has 1 atom stereocenters. The monoisotopic (exact) mass is 427 g/mol. The van der Waals surface area contributed by atoms with Gasteiger partial charge in [-0.25, -0.2) is 4.68 Å². The zero-order valence-corrected chi connectivity index (χ0v) is 16.9. The third-order valence-corrected chi connectivity index (χ3v) is 4.93. The zero-order chi connectivity index (χ0) is 21.3. The molecule has 0 radical (unpaired) electrons. The van der Waals surface area contributed by atoms with Crippen molar-refractivity contribution in [3.05, 3.63) is 58.6 Å². The number of ether oxygens (including phenoxy) is 2. The molecule has 0 spiro atoms. The summed E-state index contributed by atoms with van der Waals surface area (Å²) in [4.78, 5) is 29.0. The molecule has 2 N–H and O–H groups in total. The maximum absolute atomic E-state index is 12.6. The van der Waals surface area contributed by atoms with Gasteiger partial charge in [0.25, 0.3) is 11.9 Å². The lowest BCUT2D eigenvalue weighted by molar-refractivity contribution is -0.117. The molecule has 0 fully saturated rings. The second-order valence-corrected chi connectivity index (χ2v) is 6.98. The Bertz CT molecular complexity index is 1110. The van der Waals surface area contributed by atoms with Gasteiger partial charge in [-0.15, -0.1) is 5.10 Å². The lowest BCUT2D eigenvalue weighted by atomic mass is 10.0. The Kier molecular flexibility index (Phi) is 5.28. The molecule has 1 unspecified atom stereocenters. The highest BCUT2D eigenvalue weighted by molar-refractivity contribution is 6.30. The van der Waals surface area contributed by atoms with Gasteiger partial charge in [-0.3, -0.25) is 20.2 Å². The Morgan fingerprint density at radius 2 is 1.90 bits per heavy atom. The van der Waals surface area contributed by atoms with Crippen LogP contribution < -0.4 is 20.1 Å². The molecule has 2 aromatic carbocycles. The largest absolute Gasteiger partial charge is 0.493 e. The van der Waals surface area contributed by atoms with Gasteiger partial charge in [0.2, 0.25) is 11.9 Å². The number of nitrogens with zero attached hydrogens (tertiary/aromatic N) is 3. The van der Waals surface area contributed by atoms with E-state index in [1.54, 1.807) is 35.0 Å². The number of hydrogen-bond donors (Lipinski definition) is 2. The highest BCUT2D eigenvalue weighted by Gasteiger charge is 2.29. The molecule has 10 heteroatoms.